The molecule has 0 atom stereocenters. The molecule has 2 rings (SSSR count). The Kier molecular flexibility index (Phi) is 3.14. The first-order valence-electron chi connectivity index (χ1n) is 5.43. The molecule has 1 aromatic rings. The number of carbonyl (C=O) groups is 1. The largest absolute Gasteiger partial charge is 0.493 e. The van der Waals surface area contributed by atoms with E-state index in [2.05, 4.69) is 0 Å². The number of hydrogen-bond donors (Lipinski definition) is 0. The maximum atomic E-state index is 11.7. The predicted octanol–water partition coefficient (Wildman–Crippen LogP) is 1.73. The number of ether oxygens (including phenoxy) is 3. The van der Waals surface area contributed by atoms with Gasteiger partial charge in [-0.2, -0.15) is 0 Å². The smallest absolute Gasteiger partial charge is 0.344 e. The molecule has 0 saturated heterocycles. The Hall–Kier alpha value is -2.17. The molecule has 0 spiro atoms. The summed E-state index contributed by atoms with van der Waals surface area (Å²) in [5, 5.41) is 0. The van der Waals surface area contributed by atoms with Crippen LogP contribution in [-0.4, -0.2) is 39.2 Å². The van der Waals surface area contributed by atoms with E-state index in [1.54, 1.807) is 25.4 Å². The molecule has 0 bridgehead atoms. The van der Waals surface area contributed by atoms with Crippen molar-refractivity contribution in [2.24, 2.45) is 0 Å². The summed E-state index contributed by atoms with van der Waals surface area (Å²) in [6, 6.07) is 3.38. The van der Waals surface area contributed by atoms with Gasteiger partial charge >= 0.3 is 5.97 Å². The molecule has 1 aliphatic heterocycles. The Morgan fingerprint density at radius 3 is 2.17 bits per heavy atom. The lowest BCUT2D eigenvalue weighted by Crippen LogP contribution is -2.02. The molecule has 1 heterocycles. The minimum atomic E-state index is -0.376. The van der Waals surface area contributed by atoms with Gasteiger partial charge in [0.15, 0.2) is 17.3 Å². The zero-order valence-corrected chi connectivity index (χ0v) is 10.8. The number of nitrogens with zero attached hydrogens (tertiary/aromatic N) is 1. The van der Waals surface area contributed by atoms with E-state index < -0.39 is 0 Å². The Balaban J connectivity index is 2.57. The second-order valence-electron chi connectivity index (χ2n) is 4.10. The van der Waals surface area contributed by atoms with Crippen LogP contribution in [0.25, 0.3) is 5.76 Å². The predicted molar refractivity (Wildman–Crippen MR) is 66.6 cm³/mol. The van der Waals surface area contributed by atoms with Crippen molar-refractivity contribution in [2.75, 3.05) is 28.3 Å². The van der Waals surface area contributed by atoms with Crippen molar-refractivity contribution in [3.05, 3.63) is 29.5 Å². The molecule has 0 N–H and O–H groups in total. The van der Waals surface area contributed by atoms with Crippen molar-refractivity contribution in [2.45, 2.75) is 0 Å². The van der Waals surface area contributed by atoms with E-state index in [0.29, 0.717) is 28.4 Å². The van der Waals surface area contributed by atoms with Crippen molar-refractivity contribution in [1.29, 1.82) is 0 Å². The van der Waals surface area contributed by atoms with Gasteiger partial charge in [-0.15, -0.1) is 0 Å². The summed E-state index contributed by atoms with van der Waals surface area (Å²) in [4.78, 5) is 13.6. The number of esters is 1. The number of cyclic esters (lactones) is 1. The molecule has 18 heavy (non-hydrogen) atoms. The van der Waals surface area contributed by atoms with Crippen LogP contribution in [0.4, 0.5) is 0 Å². The molecule has 0 aromatic heterocycles. The third kappa shape index (κ3) is 1.99. The van der Waals surface area contributed by atoms with E-state index in [4.69, 9.17) is 14.2 Å². The lowest BCUT2D eigenvalue weighted by Gasteiger charge is -2.09. The van der Waals surface area contributed by atoms with Crippen molar-refractivity contribution in [3.8, 4) is 11.5 Å². The summed E-state index contributed by atoms with van der Waals surface area (Å²) in [5.41, 5.74) is 1.20. The number of benzene rings is 1. The Bertz CT molecular complexity index is 520. The quantitative estimate of drug-likeness (QED) is 0.763. The van der Waals surface area contributed by atoms with Crippen LogP contribution >= 0.6 is 0 Å². The summed E-state index contributed by atoms with van der Waals surface area (Å²) >= 11 is 0. The van der Waals surface area contributed by atoms with Crippen molar-refractivity contribution < 1.29 is 19.0 Å². The highest BCUT2D eigenvalue weighted by Gasteiger charge is 2.29. The van der Waals surface area contributed by atoms with Gasteiger partial charge < -0.3 is 19.1 Å². The Morgan fingerprint density at radius 1 is 1.11 bits per heavy atom. The third-order valence-corrected chi connectivity index (χ3v) is 2.59. The molecule has 0 fully saturated rings. The summed E-state index contributed by atoms with van der Waals surface area (Å²) < 4.78 is 15.6. The Morgan fingerprint density at radius 2 is 1.67 bits per heavy atom. The van der Waals surface area contributed by atoms with Gasteiger partial charge in [0.2, 0.25) is 0 Å². The normalized spacial score (nSPS) is 15.3. The summed E-state index contributed by atoms with van der Waals surface area (Å²) in [6.07, 6.45) is 1.75. The fraction of sp³-hybridized carbons (Fsp3) is 0.308. The number of rotatable bonds is 3. The molecule has 1 aromatic carbocycles. The maximum Gasteiger partial charge on any atom is 0.344 e. The zero-order valence-electron chi connectivity index (χ0n) is 10.8. The summed E-state index contributed by atoms with van der Waals surface area (Å²) in [6.45, 7) is 0. The average molecular weight is 249 g/mol. The first-order chi connectivity index (χ1) is 8.56. The van der Waals surface area contributed by atoms with Crippen molar-refractivity contribution in [1.82, 2.24) is 4.90 Å². The van der Waals surface area contributed by atoms with Gasteiger partial charge in [-0.25, -0.2) is 4.79 Å². The lowest BCUT2D eigenvalue weighted by molar-refractivity contribution is 0.0713. The lowest BCUT2D eigenvalue weighted by atomic mass is 10.1. The molecular formula is C13H15NO4. The highest BCUT2D eigenvalue weighted by molar-refractivity contribution is 6.03. The van der Waals surface area contributed by atoms with E-state index >= 15 is 0 Å². The fourth-order valence-electron chi connectivity index (χ4n) is 1.79. The van der Waals surface area contributed by atoms with Crippen LogP contribution in [-0.2, 0) is 4.74 Å². The van der Waals surface area contributed by atoms with Crippen molar-refractivity contribution in [3.63, 3.8) is 0 Å². The average Bonchev–Trinajstić information content (AvgIpc) is 2.63. The van der Waals surface area contributed by atoms with Gasteiger partial charge in [0, 0.05) is 25.9 Å². The first-order valence-corrected chi connectivity index (χ1v) is 5.43. The maximum absolute atomic E-state index is 11.7. The molecule has 5 nitrogen and oxygen atoms in total. The SMILES string of the molecule is COc1cc2c(cc1OC)C(=CN(C)C)OC2=O. The van der Waals surface area contributed by atoms with Gasteiger partial charge in [0.05, 0.1) is 19.8 Å². The second kappa shape index (κ2) is 4.60. The molecule has 0 aliphatic carbocycles. The molecule has 0 radical (unpaired) electrons. The van der Waals surface area contributed by atoms with Crippen LogP contribution in [0.3, 0.4) is 0 Å². The van der Waals surface area contributed by atoms with Crippen LogP contribution in [0.5, 0.6) is 11.5 Å². The van der Waals surface area contributed by atoms with E-state index in [1.807, 2.05) is 19.0 Å². The van der Waals surface area contributed by atoms with E-state index in [-0.39, 0.29) is 5.97 Å². The van der Waals surface area contributed by atoms with E-state index in [1.165, 1.54) is 7.11 Å². The molecule has 96 valence electrons. The second-order valence-corrected chi connectivity index (χ2v) is 4.10. The van der Waals surface area contributed by atoms with Gasteiger partial charge in [-0.1, -0.05) is 0 Å². The molecule has 0 amide bonds. The fourth-order valence-corrected chi connectivity index (χ4v) is 1.79. The highest BCUT2D eigenvalue weighted by atomic mass is 16.5. The molecule has 5 heteroatoms. The van der Waals surface area contributed by atoms with Gasteiger partial charge in [-0.3, -0.25) is 0 Å². The number of methoxy groups -OCH3 is 2. The van der Waals surface area contributed by atoms with Gasteiger partial charge in [-0.05, 0) is 12.1 Å². The van der Waals surface area contributed by atoms with Gasteiger partial charge in [0.1, 0.15) is 0 Å². The summed E-state index contributed by atoms with van der Waals surface area (Å²) in [7, 11) is 6.80. The minimum Gasteiger partial charge on any atom is -0.493 e. The minimum absolute atomic E-state index is 0.376. The monoisotopic (exact) mass is 249 g/mol. The van der Waals surface area contributed by atoms with E-state index in [0.717, 1.165) is 0 Å². The van der Waals surface area contributed by atoms with Gasteiger partial charge in [0.25, 0.3) is 0 Å². The number of carbonyl (C=O) groups excluding carboxylic acids is 1. The zero-order chi connectivity index (χ0) is 13.3. The van der Waals surface area contributed by atoms with Crippen LogP contribution in [0.1, 0.15) is 15.9 Å². The Labute approximate surface area is 106 Å². The first kappa shape index (κ1) is 12.3. The van der Waals surface area contributed by atoms with Crippen LogP contribution in [0, 0.1) is 0 Å². The van der Waals surface area contributed by atoms with Crippen LogP contribution < -0.4 is 9.47 Å². The highest BCUT2D eigenvalue weighted by Crippen LogP contribution is 2.38. The topological polar surface area (TPSA) is 48.0 Å². The summed E-state index contributed by atoms with van der Waals surface area (Å²) in [5.74, 6) is 1.22. The molecule has 1 aliphatic rings. The van der Waals surface area contributed by atoms with Crippen LogP contribution in [0.2, 0.25) is 0 Å². The van der Waals surface area contributed by atoms with Crippen molar-refractivity contribution >= 4 is 11.7 Å². The number of fused-ring (bicyclic) bond motifs is 1. The molecule has 0 unspecified atom stereocenters. The third-order valence-electron chi connectivity index (χ3n) is 2.59. The molecule has 0 saturated carbocycles. The number of hydrogen-bond acceptors (Lipinski definition) is 5. The van der Waals surface area contributed by atoms with E-state index in [9.17, 15) is 4.79 Å². The van der Waals surface area contributed by atoms with Crippen LogP contribution in [0.15, 0.2) is 18.3 Å². The standard InChI is InChI=1S/C13H15NO4/c1-14(2)7-12-8-5-10(16-3)11(17-4)6-9(8)13(15)18-12/h5-7H,1-4H3. The molecular weight excluding hydrogens is 234 g/mol.